The summed E-state index contributed by atoms with van der Waals surface area (Å²) in [6.45, 7) is 4.97. The van der Waals surface area contributed by atoms with Gasteiger partial charge >= 0.3 is 0 Å². The molecule has 0 saturated carbocycles. The molecule has 4 N–H and O–H groups in total. The Morgan fingerprint density at radius 3 is 2.53 bits per heavy atom. The average molecular weight is 285 g/mol. The van der Waals surface area contributed by atoms with Gasteiger partial charge < -0.3 is 11.1 Å². The van der Waals surface area contributed by atoms with E-state index in [2.05, 4.69) is 10.0 Å². The van der Waals surface area contributed by atoms with Crippen LogP contribution in [-0.4, -0.2) is 26.9 Å². The summed E-state index contributed by atoms with van der Waals surface area (Å²) in [6, 6.07) is 4.47. The number of benzene rings is 1. The molecular weight excluding hydrogens is 266 g/mol. The molecule has 0 aliphatic carbocycles. The van der Waals surface area contributed by atoms with Crippen molar-refractivity contribution >= 4 is 21.6 Å². The van der Waals surface area contributed by atoms with Crippen LogP contribution >= 0.6 is 0 Å². The SMILES string of the molecule is Cc1cc(N)ccc1S(=O)(=O)NCC(=O)NC(C)C. The van der Waals surface area contributed by atoms with Crippen LogP contribution in [0.3, 0.4) is 0 Å². The van der Waals surface area contributed by atoms with Gasteiger partial charge in [0.15, 0.2) is 0 Å². The molecule has 0 radical (unpaired) electrons. The maximum atomic E-state index is 12.0. The predicted octanol–water partition coefficient (Wildman–Crippen LogP) is 0.380. The van der Waals surface area contributed by atoms with Crippen molar-refractivity contribution in [1.29, 1.82) is 0 Å². The number of hydrogen-bond donors (Lipinski definition) is 3. The zero-order chi connectivity index (χ0) is 14.6. The maximum absolute atomic E-state index is 12.0. The Morgan fingerprint density at radius 1 is 1.37 bits per heavy atom. The largest absolute Gasteiger partial charge is 0.399 e. The van der Waals surface area contributed by atoms with Gasteiger partial charge in [0.2, 0.25) is 15.9 Å². The number of aryl methyl sites for hydroxylation is 1. The number of rotatable bonds is 5. The first kappa shape index (κ1) is 15.5. The molecule has 1 amide bonds. The van der Waals surface area contributed by atoms with Crippen molar-refractivity contribution in [3.8, 4) is 0 Å². The maximum Gasteiger partial charge on any atom is 0.241 e. The van der Waals surface area contributed by atoms with Gasteiger partial charge in [0.25, 0.3) is 0 Å². The summed E-state index contributed by atoms with van der Waals surface area (Å²) in [5, 5.41) is 2.60. The molecule has 0 bridgehead atoms. The normalized spacial score (nSPS) is 11.6. The molecule has 0 heterocycles. The number of carbonyl (C=O) groups is 1. The molecule has 0 aliphatic rings. The van der Waals surface area contributed by atoms with Gasteiger partial charge in [-0.1, -0.05) is 0 Å². The van der Waals surface area contributed by atoms with E-state index in [1.54, 1.807) is 26.8 Å². The van der Waals surface area contributed by atoms with E-state index in [0.29, 0.717) is 11.3 Å². The lowest BCUT2D eigenvalue weighted by atomic mass is 10.2. The standard InChI is InChI=1S/C12H19N3O3S/c1-8(2)15-12(16)7-14-19(17,18)11-5-4-10(13)6-9(11)3/h4-6,8,14H,7,13H2,1-3H3,(H,15,16). The topological polar surface area (TPSA) is 101 Å². The number of hydrogen-bond acceptors (Lipinski definition) is 4. The fraction of sp³-hybridized carbons (Fsp3) is 0.417. The molecule has 6 nitrogen and oxygen atoms in total. The highest BCUT2D eigenvalue weighted by Crippen LogP contribution is 2.17. The van der Waals surface area contributed by atoms with Gasteiger partial charge in [0, 0.05) is 11.7 Å². The van der Waals surface area contributed by atoms with Gasteiger partial charge in [0.1, 0.15) is 0 Å². The predicted molar refractivity (Wildman–Crippen MR) is 74.1 cm³/mol. The lowest BCUT2D eigenvalue weighted by Gasteiger charge is -2.11. The average Bonchev–Trinajstić information content (AvgIpc) is 2.25. The van der Waals surface area contributed by atoms with E-state index >= 15 is 0 Å². The second-order valence-corrected chi connectivity index (χ2v) is 6.31. The van der Waals surface area contributed by atoms with Crippen molar-refractivity contribution in [2.24, 2.45) is 0 Å². The molecule has 1 aromatic rings. The van der Waals surface area contributed by atoms with Crippen LogP contribution in [0, 0.1) is 6.92 Å². The van der Waals surface area contributed by atoms with Gasteiger partial charge in [-0.25, -0.2) is 13.1 Å². The molecule has 0 fully saturated rings. The smallest absolute Gasteiger partial charge is 0.241 e. The van der Waals surface area contributed by atoms with Gasteiger partial charge in [-0.3, -0.25) is 4.79 Å². The van der Waals surface area contributed by atoms with Crippen LogP contribution in [-0.2, 0) is 14.8 Å². The number of nitrogens with one attached hydrogen (secondary N) is 2. The highest BCUT2D eigenvalue weighted by Gasteiger charge is 2.17. The van der Waals surface area contributed by atoms with Gasteiger partial charge in [-0.05, 0) is 44.5 Å². The van der Waals surface area contributed by atoms with Gasteiger partial charge in [-0.2, -0.15) is 0 Å². The zero-order valence-electron chi connectivity index (χ0n) is 11.2. The number of amides is 1. The molecule has 0 saturated heterocycles. The molecule has 7 heteroatoms. The van der Waals surface area contributed by atoms with E-state index in [9.17, 15) is 13.2 Å². The van der Waals surface area contributed by atoms with Crippen LogP contribution in [0.25, 0.3) is 0 Å². The number of nitrogen functional groups attached to an aromatic ring is 1. The first-order valence-electron chi connectivity index (χ1n) is 5.87. The molecule has 106 valence electrons. The number of nitrogens with two attached hydrogens (primary N) is 1. The summed E-state index contributed by atoms with van der Waals surface area (Å²) in [7, 11) is -3.70. The van der Waals surface area contributed by atoms with Crippen molar-refractivity contribution in [2.75, 3.05) is 12.3 Å². The van der Waals surface area contributed by atoms with E-state index in [4.69, 9.17) is 5.73 Å². The van der Waals surface area contributed by atoms with E-state index in [1.165, 1.54) is 12.1 Å². The van der Waals surface area contributed by atoms with Crippen molar-refractivity contribution in [3.63, 3.8) is 0 Å². The van der Waals surface area contributed by atoms with E-state index in [1.807, 2.05) is 0 Å². The fourth-order valence-electron chi connectivity index (χ4n) is 1.59. The van der Waals surface area contributed by atoms with Gasteiger partial charge in [-0.15, -0.1) is 0 Å². The molecular formula is C12H19N3O3S. The van der Waals surface area contributed by atoms with Crippen LogP contribution in [0.5, 0.6) is 0 Å². The van der Waals surface area contributed by atoms with Gasteiger partial charge in [0.05, 0.1) is 11.4 Å². The second kappa shape index (κ2) is 6.03. The summed E-state index contributed by atoms with van der Waals surface area (Å²) >= 11 is 0. The van der Waals surface area contributed by atoms with Crippen molar-refractivity contribution in [1.82, 2.24) is 10.0 Å². The first-order valence-corrected chi connectivity index (χ1v) is 7.36. The highest BCUT2D eigenvalue weighted by molar-refractivity contribution is 7.89. The summed E-state index contributed by atoms with van der Waals surface area (Å²) in [5.41, 5.74) is 6.60. The van der Waals surface area contributed by atoms with Crippen LogP contribution in [0.2, 0.25) is 0 Å². The second-order valence-electron chi connectivity index (χ2n) is 4.57. The molecule has 1 aromatic carbocycles. The summed E-state index contributed by atoms with van der Waals surface area (Å²) < 4.78 is 26.3. The monoisotopic (exact) mass is 285 g/mol. The van der Waals surface area contributed by atoms with E-state index in [-0.39, 0.29) is 23.4 Å². The van der Waals surface area contributed by atoms with Crippen molar-refractivity contribution in [2.45, 2.75) is 31.7 Å². The van der Waals surface area contributed by atoms with Crippen LogP contribution < -0.4 is 15.8 Å². The van der Waals surface area contributed by atoms with E-state index < -0.39 is 10.0 Å². The molecule has 1 rings (SSSR count). The quantitative estimate of drug-likeness (QED) is 0.681. The lowest BCUT2D eigenvalue weighted by Crippen LogP contribution is -2.39. The van der Waals surface area contributed by atoms with Crippen molar-refractivity contribution in [3.05, 3.63) is 23.8 Å². The third kappa shape index (κ3) is 4.53. The van der Waals surface area contributed by atoms with E-state index in [0.717, 1.165) is 0 Å². The third-order valence-electron chi connectivity index (χ3n) is 2.36. The Bertz CT molecular complexity index is 568. The van der Waals surface area contributed by atoms with Crippen LogP contribution in [0.15, 0.2) is 23.1 Å². The summed E-state index contributed by atoms with van der Waals surface area (Å²) in [4.78, 5) is 11.5. The summed E-state index contributed by atoms with van der Waals surface area (Å²) in [5.74, 6) is -0.369. The Kier molecular flexibility index (Phi) is 4.90. The molecule has 0 unspecified atom stereocenters. The van der Waals surface area contributed by atoms with Crippen LogP contribution in [0.4, 0.5) is 5.69 Å². The molecule has 0 aliphatic heterocycles. The minimum atomic E-state index is -3.70. The molecule has 0 aromatic heterocycles. The minimum Gasteiger partial charge on any atom is -0.399 e. The number of sulfonamides is 1. The van der Waals surface area contributed by atoms with Crippen molar-refractivity contribution < 1.29 is 13.2 Å². The number of anilines is 1. The minimum absolute atomic E-state index is 0.0322. The Hall–Kier alpha value is -1.60. The van der Waals surface area contributed by atoms with Crippen LogP contribution in [0.1, 0.15) is 19.4 Å². The number of carbonyl (C=O) groups excluding carboxylic acids is 1. The third-order valence-corrected chi connectivity index (χ3v) is 3.92. The first-order chi connectivity index (χ1) is 8.72. The molecule has 0 atom stereocenters. The molecule has 19 heavy (non-hydrogen) atoms. The Balaban J connectivity index is 2.79. The highest BCUT2D eigenvalue weighted by atomic mass is 32.2. The fourth-order valence-corrected chi connectivity index (χ4v) is 2.79. The summed E-state index contributed by atoms with van der Waals surface area (Å²) in [6.07, 6.45) is 0. The Labute approximate surface area is 113 Å². The lowest BCUT2D eigenvalue weighted by molar-refractivity contribution is -0.120. The Morgan fingerprint density at radius 2 is 2.00 bits per heavy atom. The molecule has 0 spiro atoms. The zero-order valence-corrected chi connectivity index (χ0v) is 12.0.